The molecule has 0 unspecified atom stereocenters. The van der Waals surface area contributed by atoms with Gasteiger partial charge in [0, 0.05) is 157 Å². The van der Waals surface area contributed by atoms with Crippen molar-refractivity contribution in [2.75, 3.05) is 157 Å². The quantitative estimate of drug-likeness (QED) is 0.136. The third-order valence-corrected chi connectivity index (χ3v) is 34.5. The summed E-state index contributed by atoms with van der Waals surface area (Å²) in [4.78, 5) is 0. The summed E-state index contributed by atoms with van der Waals surface area (Å²) in [5, 5.41) is 47.1. The van der Waals surface area contributed by atoms with Gasteiger partial charge < -0.3 is 20.6 Å². The van der Waals surface area contributed by atoms with Gasteiger partial charge in [-0.2, -0.15) is 0 Å². The number of nitrogens with zero attached hydrogens (tertiary/aromatic N) is 16. The molecule has 0 N–H and O–H groups in total. The van der Waals surface area contributed by atoms with Crippen molar-refractivity contribution in [3.63, 3.8) is 0 Å². The van der Waals surface area contributed by atoms with Crippen LogP contribution in [0.1, 0.15) is 231 Å². The van der Waals surface area contributed by atoms with E-state index in [2.05, 4.69) is 56.0 Å². The third-order valence-electron chi connectivity index (χ3n) is 20.5. The molecule has 0 radical (unpaired) electrons. The van der Waals surface area contributed by atoms with Crippen LogP contribution in [0.15, 0.2) is 0 Å². The molecular formula is C60H120Ag4N16P4. The summed E-state index contributed by atoms with van der Waals surface area (Å²) in [5.41, 5.74) is 0. The van der Waals surface area contributed by atoms with Crippen molar-refractivity contribution in [2.24, 2.45) is 0 Å². The van der Waals surface area contributed by atoms with Crippen LogP contribution in [0, 0.1) is 0 Å². The van der Waals surface area contributed by atoms with Gasteiger partial charge in [0.05, 0.1) is 0 Å². The first-order valence-electron chi connectivity index (χ1n) is 34.8. The van der Waals surface area contributed by atoms with E-state index in [0.717, 1.165) is 157 Å². The molecule has 24 heteroatoms. The molecule has 12 aliphatic rings. The van der Waals surface area contributed by atoms with Crippen LogP contribution in [0.25, 0.3) is 20.6 Å². The van der Waals surface area contributed by atoms with Crippen molar-refractivity contribution >= 4 is 30.0 Å². The van der Waals surface area contributed by atoms with Crippen molar-refractivity contribution in [2.45, 2.75) is 231 Å². The second-order valence-corrected chi connectivity index (χ2v) is 37.4. The van der Waals surface area contributed by atoms with Crippen LogP contribution in [-0.2, 0) is 89.5 Å². The summed E-state index contributed by atoms with van der Waals surface area (Å²) in [7, 11) is -8.78. The van der Waals surface area contributed by atoms with Gasteiger partial charge in [0.15, 0.2) is 0 Å². The normalized spacial score (nSPS) is 27.2. The molecule has 0 aromatic rings. The van der Waals surface area contributed by atoms with Gasteiger partial charge in [-0.05, 0) is 184 Å². The number of hydrogen-bond acceptors (Lipinski definition) is 0. The van der Waals surface area contributed by atoms with E-state index >= 15 is 0 Å². The molecule has 12 rings (SSSR count). The van der Waals surface area contributed by atoms with E-state index in [1.165, 1.54) is 231 Å². The molecule has 0 saturated carbocycles. The van der Waals surface area contributed by atoms with Gasteiger partial charge in [0.2, 0.25) is 0 Å². The first kappa shape index (κ1) is 78.1. The van der Waals surface area contributed by atoms with Crippen molar-refractivity contribution in [1.82, 2.24) is 56.0 Å². The van der Waals surface area contributed by atoms with E-state index in [-0.39, 0.29) is 89.5 Å². The molecule has 0 amide bonds. The maximum Gasteiger partial charge on any atom is 1.00 e. The Labute approximate surface area is 579 Å². The smallest absolute Gasteiger partial charge is 0.770 e. The van der Waals surface area contributed by atoms with E-state index in [1.807, 2.05) is 0 Å². The Bertz CT molecular complexity index is 1450. The molecule has 0 bridgehead atoms. The molecule has 0 atom stereocenters. The maximum atomic E-state index is 11.8. The molecule has 12 aliphatic heterocycles. The van der Waals surface area contributed by atoms with Gasteiger partial charge >= 0.3 is 89.5 Å². The second-order valence-electron chi connectivity index (χ2n) is 26.3. The standard InChI is InChI=1S/4C15H30N4P.4Ag/c4*16-20(17-10-4-1-5-11-17,18-12-6-2-7-13-18)19-14-8-3-9-15-19;;;;/h4*1-15H2;;;;/q4*-1;4*+1. The van der Waals surface area contributed by atoms with Crippen LogP contribution in [-0.4, -0.2) is 213 Å². The zero-order valence-electron chi connectivity index (χ0n) is 52.6. The molecule has 12 heterocycles. The molecule has 0 spiro atoms. The van der Waals surface area contributed by atoms with Crippen LogP contribution in [0.2, 0.25) is 0 Å². The monoisotopic (exact) mass is 1620 g/mol. The summed E-state index contributed by atoms with van der Waals surface area (Å²) in [5.74, 6) is 0. The molecule has 0 aromatic carbocycles. The van der Waals surface area contributed by atoms with Crippen LogP contribution in [0.3, 0.4) is 0 Å². The predicted molar refractivity (Wildman–Crippen MR) is 346 cm³/mol. The minimum atomic E-state index is -2.20. The summed E-state index contributed by atoms with van der Waals surface area (Å²) < 4.78 is 29.8. The molecule has 0 aliphatic carbocycles. The van der Waals surface area contributed by atoms with Gasteiger partial charge in [0.25, 0.3) is 0 Å². The average Bonchev–Trinajstić information content (AvgIpc) is 2.92. The van der Waals surface area contributed by atoms with Gasteiger partial charge in [-0.1, -0.05) is 77.0 Å². The second kappa shape index (κ2) is 41.4. The fourth-order valence-corrected chi connectivity index (χ4v) is 30.0. The first-order valence-corrected chi connectivity index (χ1v) is 41.2. The zero-order valence-corrected chi connectivity index (χ0v) is 62.1. The summed E-state index contributed by atoms with van der Waals surface area (Å²) >= 11 is 0. The van der Waals surface area contributed by atoms with Crippen LogP contribution >= 0.6 is 30.0 Å². The number of hydrogen-bond donors (Lipinski definition) is 0. The van der Waals surface area contributed by atoms with Crippen LogP contribution in [0.4, 0.5) is 0 Å². The number of rotatable bonds is 12. The molecule has 504 valence electrons. The van der Waals surface area contributed by atoms with Crippen LogP contribution < -0.4 is 0 Å². The largest absolute Gasteiger partial charge is 1.00 e. The van der Waals surface area contributed by atoms with Gasteiger partial charge in [-0.25, -0.2) is 0 Å². The van der Waals surface area contributed by atoms with Gasteiger partial charge in [-0.3, -0.25) is 56.0 Å². The van der Waals surface area contributed by atoms with Gasteiger partial charge in [0.1, 0.15) is 0 Å². The first-order chi connectivity index (χ1) is 39.3. The van der Waals surface area contributed by atoms with E-state index in [9.17, 15) is 20.6 Å². The summed E-state index contributed by atoms with van der Waals surface area (Å²) in [6.07, 6.45) is 46.6. The Morgan fingerprint density at radius 1 is 0.119 bits per heavy atom. The molecule has 12 saturated heterocycles. The minimum absolute atomic E-state index is 0. The fraction of sp³-hybridized carbons (Fsp3) is 1.00. The predicted octanol–water partition coefficient (Wildman–Crippen LogP) is 15.8. The van der Waals surface area contributed by atoms with Crippen molar-refractivity contribution in [1.29, 1.82) is 0 Å². The van der Waals surface area contributed by atoms with Crippen LogP contribution in [0.5, 0.6) is 0 Å². The van der Waals surface area contributed by atoms with E-state index in [4.69, 9.17) is 0 Å². The van der Waals surface area contributed by atoms with Crippen molar-refractivity contribution in [3.8, 4) is 0 Å². The zero-order chi connectivity index (χ0) is 55.4. The maximum absolute atomic E-state index is 11.8. The fourth-order valence-electron chi connectivity index (χ4n) is 15.9. The number of piperidine rings is 12. The van der Waals surface area contributed by atoms with E-state index in [1.54, 1.807) is 0 Å². The molecule has 84 heavy (non-hydrogen) atoms. The Balaban J connectivity index is 0.000000202. The minimum Gasteiger partial charge on any atom is -0.770 e. The third kappa shape index (κ3) is 20.7. The Morgan fingerprint density at radius 2 is 0.179 bits per heavy atom. The molecule has 0 aromatic heterocycles. The molecular weight excluding hydrogens is 1500 g/mol. The van der Waals surface area contributed by atoms with E-state index in [0.29, 0.717) is 0 Å². The Hall–Kier alpha value is 3.40. The van der Waals surface area contributed by atoms with E-state index < -0.39 is 30.0 Å². The average molecular weight is 1620 g/mol. The van der Waals surface area contributed by atoms with Crippen molar-refractivity contribution in [3.05, 3.63) is 20.6 Å². The summed E-state index contributed by atoms with van der Waals surface area (Å²) in [6, 6.07) is 0. The van der Waals surface area contributed by atoms with Gasteiger partial charge in [-0.15, -0.1) is 0 Å². The summed E-state index contributed by atoms with van der Waals surface area (Å²) in [6.45, 7) is 26.6. The molecule has 12 fully saturated rings. The Kier molecular flexibility index (Phi) is 38.5. The topological polar surface area (TPSA) is 128 Å². The Morgan fingerprint density at radius 3 is 0.238 bits per heavy atom. The van der Waals surface area contributed by atoms with Crippen molar-refractivity contribution < 1.29 is 89.5 Å². The molecule has 16 nitrogen and oxygen atoms in total. The SMILES string of the molecule is [Ag+].[Ag+].[Ag+].[Ag+].[N-]=P(N1CCCCC1)(N1CCCCC1)N1CCCCC1.[N-]=P(N1CCCCC1)(N1CCCCC1)N1CCCCC1.[N-]=P(N1CCCCC1)(N1CCCCC1)N1CCCCC1.[N-]=P(N1CCCCC1)(N1CCCCC1)N1CCCCC1.